The first-order valence-electron chi connectivity index (χ1n) is 4.53. The van der Waals surface area contributed by atoms with E-state index in [4.69, 9.17) is 0 Å². The molecule has 2 rings (SSSR count). The predicted octanol–water partition coefficient (Wildman–Crippen LogP) is 0.477. The summed E-state index contributed by atoms with van der Waals surface area (Å²) in [5, 5.41) is 8.90. The van der Waals surface area contributed by atoms with Crippen molar-refractivity contribution >= 4 is 9.84 Å². The van der Waals surface area contributed by atoms with Gasteiger partial charge in [0.25, 0.3) is 0 Å². The van der Waals surface area contributed by atoms with Gasteiger partial charge in [-0.2, -0.15) is 0 Å². The number of hydrogen-bond acceptors (Lipinski definition) is 3. The van der Waals surface area contributed by atoms with E-state index in [0.717, 1.165) is 12.8 Å². The Hall–Kier alpha value is -0.0900. The lowest BCUT2D eigenvalue weighted by molar-refractivity contribution is 0.134. The number of rotatable bonds is 0. The minimum Gasteiger partial charge on any atom is -0.392 e. The Balaban J connectivity index is 2.34. The lowest BCUT2D eigenvalue weighted by Crippen LogP contribution is -2.47. The maximum Gasteiger partial charge on any atom is 0.158 e. The topological polar surface area (TPSA) is 54.4 Å². The third kappa shape index (κ3) is 1.09. The summed E-state index contributed by atoms with van der Waals surface area (Å²) in [6.45, 7) is 0. The lowest BCUT2D eigenvalue weighted by Gasteiger charge is -2.37. The van der Waals surface area contributed by atoms with Crippen LogP contribution in [0.15, 0.2) is 0 Å². The fraction of sp³-hybridized carbons (Fsp3) is 1.00. The highest BCUT2D eigenvalue weighted by molar-refractivity contribution is 7.92. The number of aliphatic hydroxyl groups excluding tert-OH is 1. The Kier molecular flexibility index (Phi) is 1.92. The molecule has 1 N–H and O–H groups in total. The highest BCUT2D eigenvalue weighted by Crippen LogP contribution is 2.36. The van der Waals surface area contributed by atoms with Crippen LogP contribution in [0.4, 0.5) is 0 Å². The molecule has 4 heteroatoms. The molecule has 3 nitrogen and oxygen atoms in total. The molecule has 0 saturated carbocycles. The number of sulfone groups is 1. The molecule has 3 atom stereocenters. The van der Waals surface area contributed by atoms with Gasteiger partial charge in [-0.1, -0.05) is 6.42 Å². The van der Waals surface area contributed by atoms with Gasteiger partial charge in [0.05, 0.1) is 16.6 Å². The van der Waals surface area contributed by atoms with E-state index in [1.165, 1.54) is 0 Å². The van der Waals surface area contributed by atoms with Crippen molar-refractivity contribution in [3.8, 4) is 0 Å². The molecule has 0 aliphatic carbocycles. The van der Waals surface area contributed by atoms with Gasteiger partial charge in [-0.05, 0) is 25.7 Å². The van der Waals surface area contributed by atoms with Crippen LogP contribution in [-0.2, 0) is 9.84 Å². The van der Waals surface area contributed by atoms with Crippen LogP contribution in [0.1, 0.15) is 32.1 Å². The predicted molar refractivity (Wildman–Crippen MR) is 45.6 cm³/mol. The van der Waals surface area contributed by atoms with Crippen LogP contribution in [0, 0.1) is 0 Å². The molecule has 2 aliphatic rings. The second-order valence-corrected chi connectivity index (χ2v) is 6.28. The Morgan fingerprint density at radius 3 is 2.50 bits per heavy atom. The molecule has 0 radical (unpaired) electrons. The van der Waals surface area contributed by atoms with Gasteiger partial charge in [0.2, 0.25) is 0 Å². The summed E-state index contributed by atoms with van der Waals surface area (Å²) in [6.07, 6.45) is 3.19. The van der Waals surface area contributed by atoms with Crippen molar-refractivity contribution in [3.63, 3.8) is 0 Å². The molecule has 3 unspecified atom stereocenters. The van der Waals surface area contributed by atoms with Gasteiger partial charge in [-0.15, -0.1) is 0 Å². The summed E-state index contributed by atoms with van der Waals surface area (Å²) in [7, 11) is -2.96. The van der Waals surface area contributed by atoms with Crippen molar-refractivity contribution in [3.05, 3.63) is 0 Å². The maximum atomic E-state index is 11.6. The van der Waals surface area contributed by atoms with Crippen molar-refractivity contribution in [2.24, 2.45) is 0 Å². The molecule has 2 fully saturated rings. The average molecular weight is 190 g/mol. The van der Waals surface area contributed by atoms with Crippen molar-refractivity contribution < 1.29 is 13.5 Å². The molecule has 2 saturated heterocycles. The molecule has 0 spiro atoms. The first-order chi connectivity index (χ1) is 5.62. The Bertz CT molecular complexity index is 270. The Labute approximate surface area is 72.7 Å². The van der Waals surface area contributed by atoms with Gasteiger partial charge in [-0.3, -0.25) is 0 Å². The van der Waals surface area contributed by atoms with E-state index in [1.807, 2.05) is 0 Å². The maximum absolute atomic E-state index is 11.6. The van der Waals surface area contributed by atoms with Crippen LogP contribution in [0.3, 0.4) is 0 Å². The zero-order valence-electron chi connectivity index (χ0n) is 6.94. The molecule has 2 aliphatic heterocycles. The molecule has 0 amide bonds. The summed E-state index contributed by atoms with van der Waals surface area (Å²) in [5.41, 5.74) is 0. The second-order valence-electron chi connectivity index (χ2n) is 3.83. The normalized spacial score (nSPS) is 45.6. The monoisotopic (exact) mass is 190 g/mol. The molecular formula is C8H14O3S. The molecule has 0 aromatic heterocycles. The zero-order valence-corrected chi connectivity index (χ0v) is 7.76. The van der Waals surface area contributed by atoms with E-state index in [2.05, 4.69) is 0 Å². The smallest absolute Gasteiger partial charge is 0.158 e. The zero-order chi connectivity index (χ0) is 8.77. The highest BCUT2D eigenvalue weighted by atomic mass is 32.2. The van der Waals surface area contributed by atoms with Crippen molar-refractivity contribution in [2.75, 3.05) is 0 Å². The summed E-state index contributed by atoms with van der Waals surface area (Å²) < 4.78 is 23.3. The average Bonchev–Trinajstić information content (AvgIpc) is 1.95. The van der Waals surface area contributed by atoms with E-state index in [9.17, 15) is 13.5 Å². The number of aliphatic hydroxyl groups is 1. The third-order valence-electron chi connectivity index (χ3n) is 3.11. The van der Waals surface area contributed by atoms with Crippen LogP contribution in [0.25, 0.3) is 0 Å². The second kappa shape index (κ2) is 2.70. The highest BCUT2D eigenvalue weighted by Gasteiger charge is 2.45. The largest absolute Gasteiger partial charge is 0.392 e. The quantitative estimate of drug-likeness (QED) is 0.604. The SMILES string of the molecule is O=S1(=O)C2CCCC1C(O)CC2. The number of fused-ring (bicyclic) bond motifs is 2. The van der Waals surface area contributed by atoms with E-state index in [-0.39, 0.29) is 5.25 Å². The Morgan fingerprint density at radius 1 is 1.08 bits per heavy atom. The van der Waals surface area contributed by atoms with Gasteiger partial charge in [0.1, 0.15) is 0 Å². The molecule has 2 heterocycles. The molecule has 70 valence electrons. The van der Waals surface area contributed by atoms with Gasteiger partial charge < -0.3 is 5.11 Å². The van der Waals surface area contributed by atoms with Gasteiger partial charge in [0.15, 0.2) is 9.84 Å². The van der Waals surface area contributed by atoms with Crippen LogP contribution in [0.2, 0.25) is 0 Å². The molecular weight excluding hydrogens is 176 g/mol. The molecule has 2 bridgehead atoms. The molecule has 12 heavy (non-hydrogen) atoms. The summed E-state index contributed by atoms with van der Waals surface area (Å²) in [5.74, 6) is 0. The van der Waals surface area contributed by atoms with Crippen LogP contribution in [-0.4, -0.2) is 30.1 Å². The van der Waals surface area contributed by atoms with Gasteiger partial charge >= 0.3 is 0 Å². The summed E-state index contributed by atoms with van der Waals surface area (Å²) in [6, 6.07) is 0. The van der Waals surface area contributed by atoms with Gasteiger partial charge in [-0.25, -0.2) is 8.42 Å². The van der Waals surface area contributed by atoms with E-state index >= 15 is 0 Å². The Morgan fingerprint density at radius 2 is 1.83 bits per heavy atom. The first-order valence-corrected chi connectivity index (χ1v) is 6.14. The first kappa shape index (κ1) is 8.51. The van der Waals surface area contributed by atoms with E-state index < -0.39 is 21.2 Å². The molecule has 0 aromatic rings. The van der Waals surface area contributed by atoms with Crippen LogP contribution >= 0.6 is 0 Å². The lowest BCUT2D eigenvalue weighted by atomic mass is 9.97. The summed E-state index contributed by atoms with van der Waals surface area (Å²) in [4.78, 5) is 0. The summed E-state index contributed by atoms with van der Waals surface area (Å²) >= 11 is 0. The minimum absolute atomic E-state index is 0.139. The fourth-order valence-corrected chi connectivity index (χ4v) is 4.91. The van der Waals surface area contributed by atoms with Gasteiger partial charge in [0, 0.05) is 0 Å². The van der Waals surface area contributed by atoms with E-state index in [1.54, 1.807) is 0 Å². The third-order valence-corrected chi connectivity index (χ3v) is 5.91. The van der Waals surface area contributed by atoms with E-state index in [0.29, 0.717) is 19.3 Å². The minimum atomic E-state index is -2.96. The van der Waals surface area contributed by atoms with Crippen LogP contribution in [0.5, 0.6) is 0 Å². The molecule has 0 aromatic carbocycles. The van der Waals surface area contributed by atoms with Crippen molar-refractivity contribution in [1.82, 2.24) is 0 Å². The van der Waals surface area contributed by atoms with Crippen molar-refractivity contribution in [1.29, 1.82) is 0 Å². The van der Waals surface area contributed by atoms with Crippen molar-refractivity contribution in [2.45, 2.75) is 48.7 Å². The standard InChI is InChI=1S/C8H14O3S/c9-7-5-4-6-2-1-3-8(7)12(6,10)11/h6-9H,1-5H2. The fourth-order valence-electron chi connectivity index (χ4n) is 2.38. The van der Waals surface area contributed by atoms with Crippen LogP contribution < -0.4 is 0 Å². The number of hydrogen-bond donors (Lipinski definition) is 1.